The Morgan fingerprint density at radius 1 is 1.19 bits per heavy atom. The average molecular weight is 209 g/mol. The van der Waals surface area contributed by atoms with Gasteiger partial charge in [0.25, 0.3) is 0 Å². The van der Waals surface area contributed by atoms with Crippen LogP contribution < -0.4 is 4.57 Å². The lowest BCUT2D eigenvalue weighted by molar-refractivity contribution is -0.694. The number of benzene rings is 1. The lowest BCUT2D eigenvalue weighted by atomic mass is 10.1. The third-order valence-corrected chi connectivity index (χ3v) is 2.58. The molecule has 0 aliphatic carbocycles. The van der Waals surface area contributed by atoms with Crippen molar-refractivity contribution in [3.8, 4) is 6.07 Å². The number of nitriles is 1. The summed E-state index contributed by atoms with van der Waals surface area (Å²) in [6, 6.07) is 16.0. The van der Waals surface area contributed by atoms with Crippen LogP contribution in [0.2, 0.25) is 0 Å². The summed E-state index contributed by atoms with van der Waals surface area (Å²) in [5.41, 5.74) is 3.08. The highest BCUT2D eigenvalue weighted by Gasteiger charge is 2.05. The highest BCUT2D eigenvalue weighted by atomic mass is 14.9. The molecule has 2 heteroatoms. The van der Waals surface area contributed by atoms with Crippen LogP contribution in [0.25, 0.3) is 0 Å². The van der Waals surface area contributed by atoms with Gasteiger partial charge in [0.1, 0.15) is 0 Å². The summed E-state index contributed by atoms with van der Waals surface area (Å²) in [7, 11) is 0. The minimum Gasteiger partial charge on any atom is -0.198 e. The van der Waals surface area contributed by atoms with Gasteiger partial charge in [-0.2, -0.15) is 9.83 Å². The predicted molar refractivity (Wildman–Crippen MR) is 61.6 cm³/mol. The van der Waals surface area contributed by atoms with Crippen LogP contribution in [0.15, 0.2) is 48.7 Å². The zero-order valence-electron chi connectivity index (χ0n) is 9.22. The lowest BCUT2D eigenvalue weighted by Gasteiger charge is -2.00. The maximum absolute atomic E-state index is 8.83. The van der Waals surface area contributed by atoms with E-state index in [0.29, 0.717) is 5.56 Å². The van der Waals surface area contributed by atoms with E-state index in [1.165, 1.54) is 5.69 Å². The zero-order valence-corrected chi connectivity index (χ0v) is 9.22. The number of hydrogen-bond donors (Lipinski definition) is 0. The Kier molecular flexibility index (Phi) is 2.98. The van der Waals surface area contributed by atoms with Crippen LogP contribution in [0.5, 0.6) is 0 Å². The second-order valence-corrected chi connectivity index (χ2v) is 3.78. The normalized spacial score (nSPS) is 9.75. The Hall–Kier alpha value is -2.14. The number of pyridine rings is 1. The molecule has 2 aromatic rings. The molecule has 0 saturated heterocycles. The van der Waals surface area contributed by atoms with E-state index in [9.17, 15) is 0 Å². The molecule has 0 radical (unpaired) electrons. The highest BCUT2D eigenvalue weighted by Crippen LogP contribution is 2.04. The van der Waals surface area contributed by atoms with Crippen LogP contribution in [0.3, 0.4) is 0 Å². The molecule has 0 atom stereocenters. The maximum atomic E-state index is 8.83. The van der Waals surface area contributed by atoms with Gasteiger partial charge < -0.3 is 0 Å². The third-order valence-electron chi connectivity index (χ3n) is 2.58. The summed E-state index contributed by atoms with van der Waals surface area (Å²) in [5.74, 6) is 0. The van der Waals surface area contributed by atoms with Crippen molar-refractivity contribution >= 4 is 0 Å². The van der Waals surface area contributed by atoms with Crippen molar-refractivity contribution in [3.05, 3.63) is 65.5 Å². The molecular formula is C14H13N2+. The van der Waals surface area contributed by atoms with Gasteiger partial charge in [-0.1, -0.05) is 18.2 Å². The van der Waals surface area contributed by atoms with E-state index in [0.717, 1.165) is 12.1 Å². The van der Waals surface area contributed by atoms with Gasteiger partial charge in [-0.3, -0.25) is 0 Å². The van der Waals surface area contributed by atoms with E-state index in [1.54, 1.807) is 0 Å². The van der Waals surface area contributed by atoms with Gasteiger partial charge >= 0.3 is 0 Å². The third kappa shape index (κ3) is 2.26. The fourth-order valence-corrected chi connectivity index (χ4v) is 1.68. The SMILES string of the molecule is Cc1cccc[n+]1Cc1cccc(C#N)c1. The van der Waals surface area contributed by atoms with E-state index in [4.69, 9.17) is 5.26 Å². The van der Waals surface area contributed by atoms with Crippen molar-refractivity contribution < 1.29 is 4.57 Å². The molecule has 0 N–H and O–H groups in total. The van der Waals surface area contributed by atoms with E-state index >= 15 is 0 Å². The Morgan fingerprint density at radius 2 is 2.06 bits per heavy atom. The van der Waals surface area contributed by atoms with Gasteiger partial charge in [-0.25, -0.2) is 0 Å². The van der Waals surface area contributed by atoms with Crippen molar-refractivity contribution in [1.29, 1.82) is 5.26 Å². The molecular weight excluding hydrogens is 196 g/mol. The first kappa shape index (κ1) is 10.4. The predicted octanol–water partition coefficient (Wildman–Crippen LogP) is 2.20. The van der Waals surface area contributed by atoms with Crippen LogP contribution in [-0.4, -0.2) is 0 Å². The van der Waals surface area contributed by atoms with Crippen molar-refractivity contribution in [3.63, 3.8) is 0 Å². The quantitative estimate of drug-likeness (QED) is 0.697. The fourth-order valence-electron chi connectivity index (χ4n) is 1.68. The molecule has 1 aromatic carbocycles. The summed E-state index contributed by atoms with van der Waals surface area (Å²) >= 11 is 0. The molecule has 2 nitrogen and oxygen atoms in total. The number of aromatic nitrogens is 1. The first-order valence-corrected chi connectivity index (χ1v) is 5.24. The minimum atomic E-state index is 0.715. The molecule has 0 aliphatic heterocycles. The monoisotopic (exact) mass is 209 g/mol. The van der Waals surface area contributed by atoms with Gasteiger partial charge in [0.2, 0.25) is 0 Å². The second kappa shape index (κ2) is 4.59. The van der Waals surface area contributed by atoms with Gasteiger partial charge in [0.05, 0.1) is 11.6 Å². The molecule has 1 heterocycles. The van der Waals surface area contributed by atoms with Crippen LogP contribution in [0, 0.1) is 18.3 Å². The molecule has 16 heavy (non-hydrogen) atoms. The van der Waals surface area contributed by atoms with Gasteiger partial charge in [-0.05, 0) is 12.1 Å². The Labute approximate surface area is 95.4 Å². The second-order valence-electron chi connectivity index (χ2n) is 3.78. The first-order chi connectivity index (χ1) is 7.79. The summed E-state index contributed by atoms with van der Waals surface area (Å²) < 4.78 is 2.16. The highest BCUT2D eigenvalue weighted by molar-refractivity contribution is 5.32. The van der Waals surface area contributed by atoms with Crippen molar-refractivity contribution in [2.24, 2.45) is 0 Å². The molecule has 78 valence electrons. The van der Waals surface area contributed by atoms with E-state index in [2.05, 4.69) is 23.6 Å². The number of nitrogens with zero attached hydrogens (tertiary/aromatic N) is 2. The lowest BCUT2D eigenvalue weighted by Crippen LogP contribution is -2.36. The smallest absolute Gasteiger partial charge is 0.178 e. The van der Waals surface area contributed by atoms with Crippen LogP contribution >= 0.6 is 0 Å². The van der Waals surface area contributed by atoms with E-state index in [-0.39, 0.29) is 0 Å². The van der Waals surface area contributed by atoms with Crippen LogP contribution in [0.4, 0.5) is 0 Å². The van der Waals surface area contributed by atoms with Crippen molar-refractivity contribution in [1.82, 2.24) is 0 Å². The topological polar surface area (TPSA) is 27.7 Å². The molecule has 0 aliphatic rings. The fraction of sp³-hybridized carbons (Fsp3) is 0.143. The summed E-state index contributed by atoms with van der Waals surface area (Å²) in [5, 5.41) is 8.83. The molecule has 0 bridgehead atoms. The Bertz CT molecular complexity index is 538. The molecule has 0 amide bonds. The molecule has 0 unspecified atom stereocenters. The first-order valence-electron chi connectivity index (χ1n) is 5.24. The van der Waals surface area contributed by atoms with Crippen molar-refractivity contribution in [2.45, 2.75) is 13.5 Å². The van der Waals surface area contributed by atoms with E-state index < -0.39 is 0 Å². The number of rotatable bonds is 2. The summed E-state index contributed by atoms with van der Waals surface area (Å²) in [4.78, 5) is 0. The number of aryl methyl sites for hydroxylation is 1. The molecule has 2 rings (SSSR count). The summed E-state index contributed by atoms with van der Waals surface area (Å²) in [6.45, 7) is 2.89. The van der Waals surface area contributed by atoms with Gasteiger partial charge in [0.15, 0.2) is 18.4 Å². The summed E-state index contributed by atoms with van der Waals surface area (Å²) in [6.07, 6.45) is 2.05. The van der Waals surface area contributed by atoms with Crippen molar-refractivity contribution in [2.75, 3.05) is 0 Å². The van der Waals surface area contributed by atoms with Gasteiger partial charge in [-0.15, -0.1) is 0 Å². The standard InChI is InChI=1S/C14H13N2/c1-12-5-2-3-8-16(12)11-14-7-4-6-13(9-14)10-15/h2-9H,11H2,1H3/q+1. The largest absolute Gasteiger partial charge is 0.198 e. The maximum Gasteiger partial charge on any atom is 0.178 e. The molecule has 1 aromatic heterocycles. The average Bonchev–Trinajstić information content (AvgIpc) is 2.32. The molecule has 0 fully saturated rings. The molecule has 0 saturated carbocycles. The minimum absolute atomic E-state index is 0.715. The zero-order chi connectivity index (χ0) is 11.4. The van der Waals surface area contributed by atoms with Gasteiger partial charge in [0, 0.05) is 24.6 Å². The van der Waals surface area contributed by atoms with E-state index in [1.807, 2.05) is 42.6 Å². The van der Waals surface area contributed by atoms with Crippen LogP contribution in [0.1, 0.15) is 16.8 Å². The van der Waals surface area contributed by atoms with Crippen LogP contribution in [-0.2, 0) is 6.54 Å². The molecule has 0 spiro atoms. The Morgan fingerprint density at radius 3 is 2.81 bits per heavy atom. The number of hydrogen-bond acceptors (Lipinski definition) is 1. The Balaban J connectivity index is 2.28.